The molecule has 28 heavy (non-hydrogen) atoms. The quantitative estimate of drug-likeness (QED) is 0.787. The molecule has 0 radical (unpaired) electrons. The number of rotatable bonds is 5. The average Bonchev–Trinajstić information content (AvgIpc) is 3.13. The van der Waals surface area contributed by atoms with Gasteiger partial charge in [0.25, 0.3) is 5.91 Å². The van der Waals surface area contributed by atoms with Crippen LogP contribution in [0.3, 0.4) is 0 Å². The molecule has 2 rings (SSSR count). The molecular weight excluding hydrogens is 356 g/mol. The molecule has 0 aliphatic carbocycles. The van der Waals surface area contributed by atoms with E-state index in [-0.39, 0.29) is 23.1 Å². The van der Waals surface area contributed by atoms with Crippen LogP contribution in [0.4, 0.5) is 0 Å². The van der Waals surface area contributed by atoms with Gasteiger partial charge in [0.2, 0.25) is 5.91 Å². The predicted molar refractivity (Wildman–Crippen MR) is 108 cm³/mol. The maximum atomic E-state index is 13.1. The molecule has 6 nitrogen and oxygen atoms in total. The molecule has 0 aromatic heterocycles. The first-order valence-electron chi connectivity index (χ1n) is 9.86. The maximum Gasteiger partial charge on any atom is 0.328 e. The molecule has 1 saturated heterocycles. The van der Waals surface area contributed by atoms with Crippen LogP contribution in [-0.4, -0.2) is 48.4 Å². The highest BCUT2D eigenvalue weighted by Gasteiger charge is 2.39. The Kier molecular flexibility index (Phi) is 6.86. The van der Waals surface area contributed by atoms with Gasteiger partial charge in [-0.15, -0.1) is 0 Å². The molecule has 1 N–H and O–H groups in total. The summed E-state index contributed by atoms with van der Waals surface area (Å²) in [5.74, 6) is -1.04. The van der Waals surface area contributed by atoms with Crippen molar-refractivity contribution < 1.29 is 19.1 Å². The smallest absolute Gasteiger partial charge is 0.328 e. The highest BCUT2D eigenvalue weighted by molar-refractivity contribution is 5.98. The number of hydrogen-bond acceptors (Lipinski definition) is 4. The third kappa shape index (κ3) is 4.91. The van der Waals surface area contributed by atoms with Gasteiger partial charge in [0.05, 0.1) is 7.11 Å². The van der Waals surface area contributed by atoms with Gasteiger partial charge in [-0.2, -0.15) is 0 Å². The first kappa shape index (κ1) is 21.9. The highest BCUT2D eigenvalue weighted by atomic mass is 16.5. The Morgan fingerprint density at radius 1 is 1.14 bits per heavy atom. The number of methoxy groups -OCH3 is 1. The fourth-order valence-electron chi connectivity index (χ4n) is 3.45. The number of carbonyl (C=O) groups is 3. The molecule has 1 aromatic carbocycles. The Bertz CT molecular complexity index is 719. The summed E-state index contributed by atoms with van der Waals surface area (Å²) in [7, 11) is 1.33. The van der Waals surface area contributed by atoms with Crippen LogP contribution < -0.4 is 5.32 Å². The second-order valence-corrected chi connectivity index (χ2v) is 8.74. The topological polar surface area (TPSA) is 75.7 Å². The van der Waals surface area contributed by atoms with Gasteiger partial charge in [0.15, 0.2) is 0 Å². The molecule has 1 aliphatic rings. The minimum absolute atomic E-state index is 0.00406. The number of amides is 2. The van der Waals surface area contributed by atoms with Gasteiger partial charge in [0.1, 0.15) is 12.1 Å². The lowest BCUT2D eigenvalue weighted by atomic mass is 9.86. The summed E-state index contributed by atoms with van der Waals surface area (Å²) < 4.78 is 4.82. The summed E-state index contributed by atoms with van der Waals surface area (Å²) >= 11 is 0. The van der Waals surface area contributed by atoms with Crippen molar-refractivity contribution in [3.63, 3.8) is 0 Å². The minimum Gasteiger partial charge on any atom is -0.467 e. The molecule has 1 aliphatic heterocycles. The monoisotopic (exact) mass is 388 g/mol. The lowest BCUT2D eigenvalue weighted by molar-refractivity contribution is -0.151. The fourth-order valence-corrected chi connectivity index (χ4v) is 3.45. The van der Waals surface area contributed by atoms with Crippen molar-refractivity contribution in [3.8, 4) is 0 Å². The van der Waals surface area contributed by atoms with E-state index >= 15 is 0 Å². The van der Waals surface area contributed by atoms with Crippen LogP contribution in [0.1, 0.15) is 63.4 Å². The molecule has 2 atom stereocenters. The van der Waals surface area contributed by atoms with Crippen LogP contribution in [-0.2, 0) is 19.7 Å². The van der Waals surface area contributed by atoms with Crippen LogP contribution in [0.25, 0.3) is 0 Å². The SMILES string of the molecule is COC(=O)[C@@H]1CCCN1C(=O)[C@@H](NC(=O)c1ccc(C(C)(C)C)cc1)C(C)C. The van der Waals surface area contributed by atoms with Gasteiger partial charge in [-0.25, -0.2) is 4.79 Å². The average molecular weight is 389 g/mol. The second-order valence-electron chi connectivity index (χ2n) is 8.74. The van der Waals surface area contributed by atoms with Crippen molar-refractivity contribution in [2.24, 2.45) is 5.92 Å². The van der Waals surface area contributed by atoms with E-state index in [1.54, 1.807) is 17.0 Å². The van der Waals surface area contributed by atoms with Crippen LogP contribution in [0.2, 0.25) is 0 Å². The Morgan fingerprint density at radius 3 is 2.25 bits per heavy atom. The van der Waals surface area contributed by atoms with Crippen molar-refractivity contribution in [2.45, 2.75) is 65.0 Å². The molecule has 0 bridgehead atoms. The van der Waals surface area contributed by atoms with Gasteiger partial charge in [-0.1, -0.05) is 46.8 Å². The van der Waals surface area contributed by atoms with Crippen molar-refractivity contribution in [1.82, 2.24) is 10.2 Å². The molecule has 2 amide bonds. The van der Waals surface area contributed by atoms with Crippen molar-refractivity contribution in [2.75, 3.05) is 13.7 Å². The van der Waals surface area contributed by atoms with Gasteiger partial charge >= 0.3 is 5.97 Å². The number of ether oxygens (including phenoxy) is 1. The molecule has 1 fully saturated rings. The molecule has 6 heteroatoms. The Hall–Kier alpha value is -2.37. The van der Waals surface area contributed by atoms with E-state index in [0.29, 0.717) is 18.5 Å². The van der Waals surface area contributed by atoms with E-state index in [9.17, 15) is 14.4 Å². The largest absolute Gasteiger partial charge is 0.467 e. The summed E-state index contributed by atoms with van der Waals surface area (Å²) in [5, 5.41) is 2.86. The zero-order valence-electron chi connectivity index (χ0n) is 17.7. The highest BCUT2D eigenvalue weighted by Crippen LogP contribution is 2.23. The fraction of sp³-hybridized carbons (Fsp3) is 0.591. The standard InChI is InChI=1S/C22H32N2O4/c1-14(2)18(20(26)24-13-7-8-17(24)21(27)28-6)23-19(25)15-9-11-16(12-10-15)22(3,4)5/h9-12,14,17-18H,7-8,13H2,1-6H3,(H,23,25)/t17-,18-/m0/s1. The number of nitrogens with one attached hydrogen (secondary N) is 1. The Balaban J connectivity index is 2.15. The molecule has 154 valence electrons. The van der Waals surface area contributed by atoms with Crippen molar-refractivity contribution >= 4 is 17.8 Å². The predicted octanol–water partition coefficient (Wildman–Crippen LogP) is 2.90. The number of likely N-dealkylation sites (tertiary alicyclic amines) is 1. The number of benzene rings is 1. The summed E-state index contributed by atoms with van der Waals surface area (Å²) in [6.45, 7) is 10.6. The summed E-state index contributed by atoms with van der Waals surface area (Å²) in [5.41, 5.74) is 1.65. The Morgan fingerprint density at radius 2 is 1.75 bits per heavy atom. The van der Waals surface area contributed by atoms with Crippen LogP contribution in [0.5, 0.6) is 0 Å². The molecule has 1 heterocycles. The van der Waals surface area contributed by atoms with Gasteiger partial charge in [-0.3, -0.25) is 9.59 Å². The molecule has 1 aromatic rings. The van der Waals surface area contributed by atoms with E-state index in [0.717, 1.165) is 12.0 Å². The second kappa shape index (κ2) is 8.76. The maximum absolute atomic E-state index is 13.1. The van der Waals surface area contributed by atoms with Gasteiger partial charge in [-0.05, 0) is 41.9 Å². The third-order valence-electron chi connectivity index (χ3n) is 5.24. The van der Waals surface area contributed by atoms with Gasteiger partial charge < -0.3 is 15.0 Å². The molecular formula is C22H32N2O4. The van der Waals surface area contributed by atoms with E-state index in [4.69, 9.17) is 4.74 Å². The van der Waals surface area contributed by atoms with Crippen molar-refractivity contribution in [1.29, 1.82) is 0 Å². The third-order valence-corrected chi connectivity index (χ3v) is 5.24. The summed E-state index contributed by atoms with van der Waals surface area (Å²) in [4.78, 5) is 39.3. The van der Waals surface area contributed by atoms with Crippen molar-refractivity contribution in [3.05, 3.63) is 35.4 Å². The number of esters is 1. The van der Waals surface area contributed by atoms with Crippen LogP contribution >= 0.6 is 0 Å². The van der Waals surface area contributed by atoms with E-state index in [2.05, 4.69) is 26.1 Å². The first-order valence-corrected chi connectivity index (χ1v) is 9.86. The van der Waals surface area contributed by atoms with E-state index < -0.39 is 18.1 Å². The molecule has 0 unspecified atom stereocenters. The number of carbonyl (C=O) groups excluding carboxylic acids is 3. The van der Waals surface area contributed by atoms with E-state index in [1.165, 1.54) is 7.11 Å². The van der Waals surface area contributed by atoms with Gasteiger partial charge in [0, 0.05) is 12.1 Å². The normalized spacial score (nSPS) is 18.1. The van der Waals surface area contributed by atoms with Crippen LogP contribution in [0.15, 0.2) is 24.3 Å². The lowest BCUT2D eigenvalue weighted by Crippen LogP contribution is -2.53. The zero-order valence-corrected chi connectivity index (χ0v) is 17.7. The Labute approximate surface area is 167 Å². The summed E-state index contributed by atoms with van der Waals surface area (Å²) in [6.07, 6.45) is 1.34. The minimum atomic E-state index is -0.694. The number of nitrogens with zero attached hydrogens (tertiary/aromatic N) is 1. The first-order chi connectivity index (χ1) is 13.1. The zero-order chi connectivity index (χ0) is 21.1. The number of hydrogen-bond donors (Lipinski definition) is 1. The lowest BCUT2D eigenvalue weighted by Gasteiger charge is -2.30. The molecule has 0 saturated carbocycles. The van der Waals surface area contributed by atoms with E-state index in [1.807, 2.05) is 26.0 Å². The summed E-state index contributed by atoms with van der Waals surface area (Å²) in [6, 6.07) is 6.18. The molecule has 0 spiro atoms. The van der Waals surface area contributed by atoms with Crippen LogP contribution in [0, 0.1) is 5.92 Å².